The number of aliphatic hydroxyl groups excluding tert-OH is 1. The predicted molar refractivity (Wildman–Crippen MR) is 58.9 cm³/mol. The molecule has 0 aliphatic heterocycles. The summed E-state index contributed by atoms with van der Waals surface area (Å²) in [4.78, 5) is 0. The van der Waals surface area contributed by atoms with Crippen LogP contribution in [0.1, 0.15) is 38.0 Å². The summed E-state index contributed by atoms with van der Waals surface area (Å²) < 4.78 is 0. The smallest absolute Gasteiger partial charge is 0.140 e. The lowest BCUT2D eigenvalue weighted by molar-refractivity contribution is 0.235. The van der Waals surface area contributed by atoms with Crippen molar-refractivity contribution in [1.29, 1.82) is 0 Å². The minimum absolute atomic E-state index is 0.00836. The number of terminal acetylenes is 1. The summed E-state index contributed by atoms with van der Waals surface area (Å²) in [5.74, 6) is 2.35. The molecule has 0 aliphatic carbocycles. The maximum absolute atomic E-state index is 9.64. The van der Waals surface area contributed by atoms with Crippen molar-refractivity contribution in [2.24, 2.45) is 0 Å². The maximum atomic E-state index is 9.64. The fourth-order valence-electron chi connectivity index (χ4n) is 1.51. The van der Waals surface area contributed by atoms with Crippen LogP contribution in [0.4, 0.5) is 0 Å². The Labute approximate surface area is 85.8 Å². The Morgan fingerprint density at radius 3 is 2.36 bits per heavy atom. The van der Waals surface area contributed by atoms with Gasteiger partial charge in [-0.15, -0.1) is 6.42 Å². The van der Waals surface area contributed by atoms with Gasteiger partial charge in [0.05, 0.1) is 0 Å². The average molecular weight is 188 g/mol. The first-order chi connectivity index (χ1) is 6.46. The molecule has 1 N–H and O–H groups in total. The molecule has 0 heterocycles. The highest BCUT2D eigenvalue weighted by atomic mass is 16.3. The second kappa shape index (κ2) is 3.86. The van der Waals surface area contributed by atoms with Crippen LogP contribution in [0, 0.1) is 12.3 Å². The van der Waals surface area contributed by atoms with Gasteiger partial charge in [0.15, 0.2) is 0 Å². The summed E-state index contributed by atoms with van der Waals surface area (Å²) in [6.07, 6.45) is 4.42. The number of hydrogen-bond donors (Lipinski definition) is 1. The molecular formula is C13H16O. The van der Waals surface area contributed by atoms with Crippen molar-refractivity contribution < 1.29 is 5.11 Å². The van der Waals surface area contributed by atoms with E-state index >= 15 is 0 Å². The second-order valence-electron chi connectivity index (χ2n) is 4.41. The molecule has 1 aromatic carbocycles. The molecule has 0 aliphatic rings. The van der Waals surface area contributed by atoms with Crippen LogP contribution in [-0.2, 0) is 5.41 Å². The van der Waals surface area contributed by atoms with E-state index in [1.165, 1.54) is 0 Å². The molecule has 1 heteroatoms. The Bertz CT molecular complexity index is 352. The van der Waals surface area contributed by atoms with Crippen molar-refractivity contribution in [3.05, 3.63) is 35.4 Å². The van der Waals surface area contributed by atoms with Crippen LogP contribution in [0.25, 0.3) is 0 Å². The zero-order valence-electron chi connectivity index (χ0n) is 8.91. The van der Waals surface area contributed by atoms with Crippen molar-refractivity contribution >= 4 is 0 Å². The van der Waals surface area contributed by atoms with Gasteiger partial charge < -0.3 is 5.11 Å². The summed E-state index contributed by atoms with van der Waals surface area (Å²) in [6, 6.07) is 7.75. The highest BCUT2D eigenvalue weighted by molar-refractivity contribution is 5.37. The SMILES string of the molecule is C#CC(O)c1ccccc1C(C)(C)C. The molecule has 1 aromatic rings. The van der Waals surface area contributed by atoms with Crippen LogP contribution in [0.15, 0.2) is 24.3 Å². The Morgan fingerprint density at radius 2 is 1.86 bits per heavy atom. The van der Waals surface area contributed by atoms with Crippen LogP contribution in [0.3, 0.4) is 0 Å². The number of aliphatic hydroxyl groups is 1. The summed E-state index contributed by atoms with van der Waals surface area (Å²) in [5.41, 5.74) is 1.95. The Morgan fingerprint density at radius 1 is 1.29 bits per heavy atom. The van der Waals surface area contributed by atoms with Gasteiger partial charge in [-0.25, -0.2) is 0 Å². The van der Waals surface area contributed by atoms with Gasteiger partial charge in [-0.05, 0) is 16.5 Å². The average Bonchev–Trinajstić information content (AvgIpc) is 2.15. The van der Waals surface area contributed by atoms with Gasteiger partial charge in [0.1, 0.15) is 6.10 Å². The third kappa shape index (κ3) is 2.16. The lowest BCUT2D eigenvalue weighted by atomic mass is 9.82. The van der Waals surface area contributed by atoms with Gasteiger partial charge in [-0.3, -0.25) is 0 Å². The van der Waals surface area contributed by atoms with E-state index in [1.807, 2.05) is 24.3 Å². The molecule has 1 unspecified atom stereocenters. The Kier molecular flexibility index (Phi) is 2.98. The highest BCUT2D eigenvalue weighted by Crippen LogP contribution is 2.29. The molecule has 0 saturated carbocycles. The lowest BCUT2D eigenvalue weighted by Crippen LogP contribution is -2.15. The van der Waals surface area contributed by atoms with Crippen molar-refractivity contribution in [1.82, 2.24) is 0 Å². The molecule has 0 amide bonds. The summed E-state index contributed by atoms with van der Waals surface area (Å²) in [7, 11) is 0. The van der Waals surface area contributed by atoms with E-state index in [-0.39, 0.29) is 5.41 Å². The zero-order valence-corrected chi connectivity index (χ0v) is 8.91. The molecule has 1 atom stereocenters. The first kappa shape index (κ1) is 10.8. The molecule has 0 radical (unpaired) electrons. The van der Waals surface area contributed by atoms with Gasteiger partial charge in [-0.1, -0.05) is 51.0 Å². The van der Waals surface area contributed by atoms with Gasteiger partial charge in [-0.2, -0.15) is 0 Å². The van der Waals surface area contributed by atoms with E-state index in [0.29, 0.717) is 0 Å². The molecular weight excluding hydrogens is 172 g/mol. The number of benzene rings is 1. The molecule has 14 heavy (non-hydrogen) atoms. The molecule has 1 nitrogen and oxygen atoms in total. The van der Waals surface area contributed by atoms with Crippen LogP contribution in [-0.4, -0.2) is 5.11 Å². The lowest BCUT2D eigenvalue weighted by Gasteiger charge is -2.23. The van der Waals surface area contributed by atoms with Gasteiger partial charge in [0, 0.05) is 0 Å². The monoisotopic (exact) mass is 188 g/mol. The van der Waals surface area contributed by atoms with E-state index in [4.69, 9.17) is 6.42 Å². The largest absolute Gasteiger partial charge is 0.376 e. The van der Waals surface area contributed by atoms with Gasteiger partial charge in [0.25, 0.3) is 0 Å². The first-order valence-corrected chi connectivity index (χ1v) is 4.70. The maximum Gasteiger partial charge on any atom is 0.140 e. The van der Waals surface area contributed by atoms with Gasteiger partial charge in [0.2, 0.25) is 0 Å². The zero-order chi connectivity index (χ0) is 10.8. The molecule has 0 saturated heterocycles. The fourth-order valence-corrected chi connectivity index (χ4v) is 1.51. The standard InChI is InChI=1S/C13H16O/c1-5-12(14)10-8-6-7-9-11(10)13(2,3)4/h1,6-9,12,14H,2-4H3. The topological polar surface area (TPSA) is 20.2 Å². The minimum Gasteiger partial charge on any atom is -0.376 e. The number of hydrogen-bond acceptors (Lipinski definition) is 1. The van der Waals surface area contributed by atoms with Crippen LogP contribution in [0.5, 0.6) is 0 Å². The van der Waals surface area contributed by atoms with Crippen molar-refractivity contribution in [3.63, 3.8) is 0 Å². The first-order valence-electron chi connectivity index (χ1n) is 4.70. The van der Waals surface area contributed by atoms with E-state index in [1.54, 1.807) is 0 Å². The highest BCUT2D eigenvalue weighted by Gasteiger charge is 2.19. The van der Waals surface area contributed by atoms with Crippen LogP contribution in [0.2, 0.25) is 0 Å². The van der Waals surface area contributed by atoms with Crippen molar-refractivity contribution in [3.8, 4) is 12.3 Å². The molecule has 0 spiro atoms. The molecule has 0 bridgehead atoms. The van der Waals surface area contributed by atoms with Crippen molar-refractivity contribution in [2.75, 3.05) is 0 Å². The third-order valence-electron chi connectivity index (χ3n) is 2.22. The molecule has 0 fully saturated rings. The van der Waals surface area contributed by atoms with E-state index in [2.05, 4.69) is 26.7 Å². The van der Waals surface area contributed by atoms with Gasteiger partial charge >= 0.3 is 0 Å². The Hall–Kier alpha value is -1.26. The van der Waals surface area contributed by atoms with Crippen LogP contribution < -0.4 is 0 Å². The summed E-state index contributed by atoms with van der Waals surface area (Å²) in [5, 5.41) is 9.64. The quantitative estimate of drug-likeness (QED) is 0.672. The normalized spacial score (nSPS) is 13.4. The van der Waals surface area contributed by atoms with E-state index < -0.39 is 6.10 Å². The number of rotatable bonds is 1. The molecule has 74 valence electrons. The molecule has 0 aromatic heterocycles. The molecule has 1 rings (SSSR count). The van der Waals surface area contributed by atoms with Crippen LogP contribution >= 0.6 is 0 Å². The second-order valence-corrected chi connectivity index (χ2v) is 4.41. The minimum atomic E-state index is -0.801. The van der Waals surface area contributed by atoms with E-state index in [0.717, 1.165) is 11.1 Å². The Balaban J connectivity index is 3.25. The predicted octanol–water partition coefficient (Wildman–Crippen LogP) is 2.65. The van der Waals surface area contributed by atoms with Crippen molar-refractivity contribution in [2.45, 2.75) is 32.3 Å². The fraction of sp³-hybridized carbons (Fsp3) is 0.385. The third-order valence-corrected chi connectivity index (χ3v) is 2.22. The summed E-state index contributed by atoms with van der Waals surface area (Å²) in [6.45, 7) is 6.32. The summed E-state index contributed by atoms with van der Waals surface area (Å²) >= 11 is 0. The van der Waals surface area contributed by atoms with E-state index in [9.17, 15) is 5.11 Å².